The fourth-order valence-electron chi connectivity index (χ4n) is 2.00. The molecule has 0 aliphatic rings. The summed E-state index contributed by atoms with van der Waals surface area (Å²) in [7, 11) is 1.61. The second kappa shape index (κ2) is 7.53. The Labute approximate surface area is 128 Å². The largest absolute Gasteiger partial charge is 0.394 e. The highest BCUT2D eigenvalue weighted by atomic mass is 32.1. The molecular formula is C14H22N4O2S. The normalized spacial score (nSPS) is 12.6. The van der Waals surface area contributed by atoms with Crippen LogP contribution in [0, 0.1) is 6.92 Å². The first kappa shape index (κ1) is 15.9. The summed E-state index contributed by atoms with van der Waals surface area (Å²) in [4.78, 5) is 11.2. The summed E-state index contributed by atoms with van der Waals surface area (Å²) in [5, 5.41) is 16.8. The first-order chi connectivity index (χ1) is 10.2. The summed E-state index contributed by atoms with van der Waals surface area (Å²) in [6.07, 6.45) is 1.01. The van der Waals surface area contributed by atoms with Crippen LogP contribution in [0.15, 0.2) is 6.07 Å². The summed E-state index contributed by atoms with van der Waals surface area (Å²) in [6.45, 7) is 5.38. The molecule has 2 aromatic heterocycles. The highest BCUT2D eigenvalue weighted by Gasteiger charge is 2.14. The summed E-state index contributed by atoms with van der Waals surface area (Å²) in [6, 6.07) is 1.88. The zero-order valence-electron chi connectivity index (χ0n) is 12.6. The smallest absolute Gasteiger partial charge is 0.226 e. The molecule has 2 rings (SSSR count). The lowest BCUT2D eigenvalue weighted by Crippen LogP contribution is -2.29. The number of aliphatic hydroxyl groups excluding tert-OH is 1. The van der Waals surface area contributed by atoms with Crippen LogP contribution in [0.2, 0.25) is 0 Å². The number of fused-ring (bicyclic) bond motifs is 1. The lowest BCUT2D eigenvalue weighted by atomic mass is 10.3. The van der Waals surface area contributed by atoms with E-state index in [0.29, 0.717) is 12.6 Å². The van der Waals surface area contributed by atoms with Crippen LogP contribution in [-0.2, 0) is 4.74 Å². The van der Waals surface area contributed by atoms with Crippen molar-refractivity contribution in [3.63, 3.8) is 0 Å². The van der Waals surface area contributed by atoms with Gasteiger partial charge in [0.25, 0.3) is 0 Å². The number of hydrogen-bond donors (Lipinski definition) is 3. The minimum atomic E-state index is -0.188. The molecule has 0 aliphatic heterocycles. The zero-order valence-corrected chi connectivity index (χ0v) is 13.5. The molecule has 116 valence electrons. The molecule has 0 radical (unpaired) electrons. The minimum absolute atomic E-state index is 0.0137. The maximum atomic E-state index is 9.41. The molecule has 2 aromatic rings. The van der Waals surface area contributed by atoms with Gasteiger partial charge in [0, 0.05) is 18.5 Å². The van der Waals surface area contributed by atoms with Gasteiger partial charge in [-0.1, -0.05) is 6.92 Å². The van der Waals surface area contributed by atoms with Crippen molar-refractivity contribution in [3.05, 3.63) is 10.9 Å². The fraction of sp³-hybridized carbons (Fsp3) is 0.571. The maximum absolute atomic E-state index is 9.41. The van der Waals surface area contributed by atoms with Crippen molar-refractivity contribution in [2.45, 2.75) is 26.3 Å². The number of aliphatic hydroxyl groups is 1. The summed E-state index contributed by atoms with van der Waals surface area (Å²) in [5.74, 6) is 1.35. The molecule has 0 aromatic carbocycles. The first-order valence-electron chi connectivity index (χ1n) is 7.06. The van der Waals surface area contributed by atoms with Gasteiger partial charge in [-0.05, 0) is 19.4 Å². The molecule has 21 heavy (non-hydrogen) atoms. The third kappa shape index (κ3) is 4.03. The quantitative estimate of drug-likeness (QED) is 0.694. The highest BCUT2D eigenvalue weighted by Crippen LogP contribution is 2.29. The summed E-state index contributed by atoms with van der Waals surface area (Å²) in [5.41, 5.74) is 0. The molecule has 0 aliphatic carbocycles. The highest BCUT2D eigenvalue weighted by molar-refractivity contribution is 7.18. The lowest BCUT2D eigenvalue weighted by molar-refractivity contribution is 0.153. The van der Waals surface area contributed by atoms with Gasteiger partial charge in [0.05, 0.1) is 24.6 Å². The topological polar surface area (TPSA) is 79.3 Å². The number of aryl methyl sites for hydroxylation is 1. The van der Waals surface area contributed by atoms with Gasteiger partial charge < -0.3 is 20.5 Å². The number of methoxy groups -OCH3 is 1. The van der Waals surface area contributed by atoms with Crippen molar-refractivity contribution in [2.75, 3.05) is 37.5 Å². The number of anilines is 2. The number of nitrogens with zero attached hydrogens (tertiary/aromatic N) is 2. The molecule has 0 saturated carbocycles. The van der Waals surface area contributed by atoms with E-state index in [-0.39, 0.29) is 12.6 Å². The second-order valence-electron chi connectivity index (χ2n) is 4.88. The van der Waals surface area contributed by atoms with Gasteiger partial charge in [-0.2, -0.15) is 4.98 Å². The molecule has 0 amide bonds. The van der Waals surface area contributed by atoms with Crippen LogP contribution in [0.5, 0.6) is 0 Å². The fourth-order valence-corrected chi connectivity index (χ4v) is 2.88. The van der Waals surface area contributed by atoms with Crippen LogP contribution in [0.1, 0.15) is 18.2 Å². The molecule has 0 fully saturated rings. The number of ether oxygens (including phenoxy) is 1. The first-order valence-corrected chi connectivity index (χ1v) is 7.88. The van der Waals surface area contributed by atoms with E-state index in [9.17, 15) is 5.11 Å². The Hall–Kier alpha value is -1.44. The van der Waals surface area contributed by atoms with Crippen molar-refractivity contribution in [3.8, 4) is 0 Å². The van der Waals surface area contributed by atoms with Gasteiger partial charge in [0.15, 0.2) is 0 Å². The van der Waals surface area contributed by atoms with Crippen LogP contribution in [0.4, 0.5) is 11.8 Å². The van der Waals surface area contributed by atoms with E-state index in [2.05, 4.69) is 33.6 Å². The average molecular weight is 310 g/mol. The number of nitrogens with one attached hydrogen (secondary N) is 2. The second-order valence-corrected chi connectivity index (χ2v) is 6.11. The van der Waals surface area contributed by atoms with E-state index in [1.54, 1.807) is 18.4 Å². The third-order valence-corrected chi connectivity index (χ3v) is 3.92. The predicted octanol–water partition coefficient (Wildman–Crippen LogP) is 2.24. The van der Waals surface area contributed by atoms with E-state index in [4.69, 9.17) is 4.74 Å². The maximum Gasteiger partial charge on any atom is 0.226 e. The van der Waals surface area contributed by atoms with Crippen molar-refractivity contribution >= 4 is 33.3 Å². The monoisotopic (exact) mass is 310 g/mol. The summed E-state index contributed by atoms with van der Waals surface area (Å²) < 4.78 is 5.10. The predicted molar refractivity (Wildman–Crippen MR) is 87.3 cm³/mol. The van der Waals surface area contributed by atoms with E-state index in [1.165, 1.54) is 4.88 Å². The Morgan fingerprint density at radius 3 is 2.90 bits per heavy atom. The minimum Gasteiger partial charge on any atom is -0.394 e. The number of aromatic nitrogens is 2. The molecule has 1 unspecified atom stereocenters. The van der Waals surface area contributed by atoms with Gasteiger partial charge in [-0.25, -0.2) is 4.98 Å². The van der Waals surface area contributed by atoms with E-state index < -0.39 is 0 Å². The van der Waals surface area contributed by atoms with Crippen molar-refractivity contribution < 1.29 is 9.84 Å². The number of rotatable bonds is 8. The van der Waals surface area contributed by atoms with Gasteiger partial charge in [-0.15, -0.1) is 11.3 Å². The van der Waals surface area contributed by atoms with Gasteiger partial charge >= 0.3 is 0 Å². The molecule has 7 heteroatoms. The molecule has 3 N–H and O–H groups in total. The van der Waals surface area contributed by atoms with E-state index >= 15 is 0 Å². The van der Waals surface area contributed by atoms with Crippen molar-refractivity contribution in [1.82, 2.24) is 9.97 Å². The van der Waals surface area contributed by atoms with Gasteiger partial charge in [-0.3, -0.25) is 0 Å². The van der Waals surface area contributed by atoms with Crippen LogP contribution in [0.3, 0.4) is 0 Å². The van der Waals surface area contributed by atoms with Crippen LogP contribution < -0.4 is 10.6 Å². The Morgan fingerprint density at radius 2 is 2.24 bits per heavy atom. The van der Waals surface area contributed by atoms with Crippen molar-refractivity contribution in [1.29, 1.82) is 0 Å². The Balaban J connectivity index is 2.33. The SMILES string of the molecule is CCCNc1nc(NC(CO)COC)c2cc(C)sc2n1. The molecule has 0 bridgehead atoms. The molecule has 2 heterocycles. The molecule has 6 nitrogen and oxygen atoms in total. The van der Waals surface area contributed by atoms with Gasteiger partial charge in [0.1, 0.15) is 10.6 Å². The molecule has 1 atom stereocenters. The Kier molecular flexibility index (Phi) is 5.72. The average Bonchev–Trinajstić information content (AvgIpc) is 2.85. The van der Waals surface area contributed by atoms with Crippen LogP contribution in [0.25, 0.3) is 10.2 Å². The number of thiophene rings is 1. The van der Waals surface area contributed by atoms with E-state index in [1.807, 2.05) is 6.92 Å². The standard InChI is InChI=1S/C14H22N4O2S/c1-4-5-15-14-17-12(16-10(7-19)8-20-3)11-6-9(2)21-13(11)18-14/h6,10,19H,4-5,7-8H2,1-3H3,(H2,15,16,17,18). The van der Waals surface area contributed by atoms with Crippen molar-refractivity contribution in [2.24, 2.45) is 0 Å². The number of hydrogen-bond acceptors (Lipinski definition) is 7. The molecular weight excluding hydrogens is 288 g/mol. The molecule has 0 saturated heterocycles. The summed E-state index contributed by atoms with van der Waals surface area (Å²) >= 11 is 1.64. The van der Waals surface area contributed by atoms with E-state index in [0.717, 1.165) is 29.0 Å². The van der Waals surface area contributed by atoms with Crippen LogP contribution >= 0.6 is 11.3 Å². The Bertz CT molecular complexity index is 588. The zero-order chi connectivity index (χ0) is 15.2. The Morgan fingerprint density at radius 1 is 1.43 bits per heavy atom. The molecule has 0 spiro atoms. The third-order valence-electron chi connectivity index (χ3n) is 2.98. The lowest BCUT2D eigenvalue weighted by Gasteiger charge is -2.17. The van der Waals surface area contributed by atoms with Crippen LogP contribution in [-0.4, -0.2) is 48.0 Å². The van der Waals surface area contributed by atoms with Gasteiger partial charge in [0.2, 0.25) is 5.95 Å².